The first kappa shape index (κ1) is 34.6. The molecule has 248 valence electrons. The second kappa shape index (κ2) is 14.9. The topological polar surface area (TPSA) is 119 Å². The van der Waals surface area contributed by atoms with Crippen LogP contribution in [-0.4, -0.2) is 87.5 Å². The number of aromatic nitrogens is 3. The number of rotatable bonds is 9. The molecule has 2 amide bonds. The van der Waals surface area contributed by atoms with Crippen LogP contribution in [0, 0.1) is 6.92 Å². The van der Waals surface area contributed by atoms with E-state index in [0.717, 1.165) is 59.8 Å². The molecule has 4 rings (SSSR count). The summed E-state index contributed by atoms with van der Waals surface area (Å²) in [6.07, 6.45) is 4.41. The molecule has 0 radical (unpaired) electrons. The summed E-state index contributed by atoms with van der Waals surface area (Å²) >= 11 is 0. The summed E-state index contributed by atoms with van der Waals surface area (Å²) in [5, 5.41) is 3.64. The zero-order valence-corrected chi connectivity index (χ0v) is 28.4. The van der Waals surface area contributed by atoms with Crippen molar-refractivity contribution in [3.05, 3.63) is 59.9 Å². The third kappa shape index (κ3) is 10.1. The van der Waals surface area contributed by atoms with Gasteiger partial charge in [0.2, 0.25) is 0 Å². The van der Waals surface area contributed by atoms with Crippen LogP contribution in [0.4, 0.5) is 15.4 Å². The van der Waals surface area contributed by atoms with Crippen LogP contribution in [0.3, 0.4) is 0 Å². The van der Waals surface area contributed by atoms with Crippen molar-refractivity contribution in [3.63, 3.8) is 0 Å². The Balaban J connectivity index is 1.63. The quantitative estimate of drug-likeness (QED) is 0.275. The Bertz CT molecular complexity index is 1480. The standard InChI is InChI=1S/C35H48N6O5/c1-24-29(26-12-16-36-17-13-26)38-31(39-30(24)37-28-14-20-44-21-15-28)27-11-9-10-25(22-27)23-41(33(43)46-35(5,6)7)19-18-40(8)32(42)45-34(2,3)4/h9-13,16-17,22,28H,14-15,18-21,23H2,1-8H3,(H,37,38,39). The molecule has 1 N–H and O–H groups in total. The van der Waals surface area contributed by atoms with Crippen molar-refractivity contribution in [1.82, 2.24) is 24.8 Å². The monoisotopic (exact) mass is 632 g/mol. The van der Waals surface area contributed by atoms with E-state index in [-0.39, 0.29) is 25.7 Å². The number of benzene rings is 1. The fraction of sp³-hybridized carbons (Fsp3) is 0.514. The minimum absolute atomic E-state index is 0.251. The van der Waals surface area contributed by atoms with E-state index >= 15 is 0 Å². The van der Waals surface area contributed by atoms with Crippen LogP contribution in [0.1, 0.15) is 65.5 Å². The fourth-order valence-corrected chi connectivity index (χ4v) is 4.90. The molecule has 46 heavy (non-hydrogen) atoms. The molecule has 11 nitrogen and oxygen atoms in total. The lowest BCUT2D eigenvalue weighted by molar-refractivity contribution is 0.0152. The van der Waals surface area contributed by atoms with Crippen LogP contribution in [0.15, 0.2) is 48.8 Å². The molecule has 1 aliphatic heterocycles. The third-order valence-corrected chi connectivity index (χ3v) is 7.28. The van der Waals surface area contributed by atoms with Crippen molar-refractivity contribution in [1.29, 1.82) is 0 Å². The normalized spacial score (nSPS) is 14.0. The Morgan fingerprint density at radius 1 is 0.913 bits per heavy atom. The van der Waals surface area contributed by atoms with Gasteiger partial charge in [-0.15, -0.1) is 0 Å². The maximum Gasteiger partial charge on any atom is 0.410 e. The number of nitrogens with one attached hydrogen (secondary N) is 1. The van der Waals surface area contributed by atoms with Crippen LogP contribution in [0.25, 0.3) is 22.6 Å². The SMILES string of the molecule is Cc1c(NC2CCOCC2)nc(-c2cccc(CN(CCN(C)C(=O)OC(C)(C)C)C(=O)OC(C)(C)C)c2)nc1-c1ccncc1. The fourth-order valence-electron chi connectivity index (χ4n) is 4.90. The summed E-state index contributed by atoms with van der Waals surface area (Å²) in [5.74, 6) is 1.36. The van der Waals surface area contributed by atoms with E-state index < -0.39 is 23.4 Å². The highest BCUT2D eigenvalue weighted by atomic mass is 16.6. The Morgan fingerprint density at radius 2 is 1.57 bits per heavy atom. The number of carbonyl (C=O) groups excluding carboxylic acids is 2. The van der Waals surface area contributed by atoms with Crippen LogP contribution in [-0.2, 0) is 20.8 Å². The lowest BCUT2D eigenvalue weighted by atomic mass is 10.1. The molecule has 0 aliphatic carbocycles. The van der Waals surface area contributed by atoms with Gasteiger partial charge in [-0.05, 0) is 85.1 Å². The molecule has 3 heterocycles. The molecular formula is C35H48N6O5. The van der Waals surface area contributed by atoms with Crippen molar-refractivity contribution < 1.29 is 23.8 Å². The van der Waals surface area contributed by atoms with Gasteiger partial charge < -0.3 is 29.3 Å². The molecule has 1 aliphatic rings. The van der Waals surface area contributed by atoms with Crippen LogP contribution >= 0.6 is 0 Å². The lowest BCUT2D eigenvalue weighted by Crippen LogP contribution is -2.42. The van der Waals surface area contributed by atoms with Crippen molar-refractivity contribution in [2.75, 3.05) is 38.7 Å². The summed E-state index contributed by atoms with van der Waals surface area (Å²) in [5.41, 5.74) is 3.13. The van der Waals surface area contributed by atoms with E-state index in [9.17, 15) is 9.59 Å². The van der Waals surface area contributed by atoms with Gasteiger partial charge in [0.15, 0.2) is 5.82 Å². The maximum absolute atomic E-state index is 13.3. The van der Waals surface area contributed by atoms with Gasteiger partial charge in [-0.1, -0.05) is 18.2 Å². The molecule has 1 fully saturated rings. The van der Waals surface area contributed by atoms with Gasteiger partial charge in [0, 0.05) is 75.0 Å². The first-order chi connectivity index (χ1) is 21.7. The molecule has 2 aromatic heterocycles. The molecule has 11 heteroatoms. The zero-order chi connectivity index (χ0) is 33.5. The maximum atomic E-state index is 13.3. The highest BCUT2D eigenvalue weighted by Crippen LogP contribution is 2.30. The van der Waals surface area contributed by atoms with Crippen LogP contribution in [0.5, 0.6) is 0 Å². The summed E-state index contributed by atoms with van der Waals surface area (Å²) in [7, 11) is 1.66. The van der Waals surface area contributed by atoms with Gasteiger partial charge in [-0.3, -0.25) is 4.98 Å². The highest BCUT2D eigenvalue weighted by Gasteiger charge is 2.25. The van der Waals surface area contributed by atoms with Gasteiger partial charge in [0.05, 0.1) is 5.69 Å². The van der Waals surface area contributed by atoms with E-state index in [1.54, 1.807) is 24.3 Å². The summed E-state index contributed by atoms with van der Waals surface area (Å²) in [4.78, 5) is 43.1. The number of hydrogen-bond acceptors (Lipinski definition) is 9. The van der Waals surface area contributed by atoms with Crippen LogP contribution < -0.4 is 5.32 Å². The predicted octanol–water partition coefficient (Wildman–Crippen LogP) is 6.71. The average Bonchev–Trinajstić information content (AvgIpc) is 2.99. The van der Waals surface area contributed by atoms with Crippen molar-refractivity contribution in [2.24, 2.45) is 0 Å². The minimum Gasteiger partial charge on any atom is -0.444 e. The van der Waals surface area contributed by atoms with E-state index in [1.165, 1.54) is 4.90 Å². The van der Waals surface area contributed by atoms with E-state index in [1.807, 2.05) is 84.9 Å². The van der Waals surface area contributed by atoms with Gasteiger partial charge >= 0.3 is 12.2 Å². The molecule has 0 saturated carbocycles. The van der Waals surface area contributed by atoms with Gasteiger partial charge in [0.1, 0.15) is 17.0 Å². The van der Waals surface area contributed by atoms with Crippen molar-refractivity contribution in [2.45, 2.75) is 85.1 Å². The van der Waals surface area contributed by atoms with E-state index in [4.69, 9.17) is 24.2 Å². The van der Waals surface area contributed by atoms with Gasteiger partial charge in [0.25, 0.3) is 0 Å². The number of pyridine rings is 1. The number of carbonyl (C=O) groups is 2. The minimum atomic E-state index is -0.679. The average molecular weight is 633 g/mol. The number of anilines is 1. The predicted molar refractivity (Wildman–Crippen MR) is 178 cm³/mol. The number of hydrogen-bond donors (Lipinski definition) is 1. The molecule has 3 aromatic rings. The molecule has 1 aromatic carbocycles. The second-order valence-corrected chi connectivity index (χ2v) is 13.6. The van der Waals surface area contributed by atoms with Crippen molar-refractivity contribution >= 4 is 18.0 Å². The van der Waals surface area contributed by atoms with Gasteiger partial charge in [-0.2, -0.15) is 0 Å². The number of amides is 2. The Hall–Kier alpha value is -4.25. The number of nitrogens with zero attached hydrogens (tertiary/aromatic N) is 5. The molecule has 0 unspecified atom stereocenters. The highest BCUT2D eigenvalue weighted by molar-refractivity contribution is 5.72. The van der Waals surface area contributed by atoms with Crippen LogP contribution in [0.2, 0.25) is 0 Å². The Kier molecular flexibility index (Phi) is 11.2. The molecular weight excluding hydrogens is 584 g/mol. The van der Waals surface area contributed by atoms with Crippen molar-refractivity contribution in [3.8, 4) is 22.6 Å². The number of likely N-dealkylation sites (N-methyl/N-ethyl adjacent to an activating group) is 1. The largest absolute Gasteiger partial charge is 0.444 e. The number of ether oxygens (including phenoxy) is 3. The third-order valence-electron chi connectivity index (χ3n) is 7.28. The molecule has 0 bridgehead atoms. The van der Waals surface area contributed by atoms with E-state index in [2.05, 4.69) is 10.3 Å². The molecule has 1 saturated heterocycles. The first-order valence-electron chi connectivity index (χ1n) is 15.8. The molecule has 0 spiro atoms. The van der Waals surface area contributed by atoms with E-state index in [0.29, 0.717) is 5.82 Å². The summed E-state index contributed by atoms with van der Waals surface area (Å²) in [6.45, 7) is 15.2. The lowest BCUT2D eigenvalue weighted by Gasteiger charge is -2.30. The Morgan fingerprint density at radius 3 is 2.22 bits per heavy atom. The Labute approximate surface area is 272 Å². The zero-order valence-electron chi connectivity index (χ0n) is 28.4. The first-order valence-corrected chi connectivity index (χ1v) is 15.8. The van der Waals surface area contributed by atoms with Gasteiger partial charge in [-0.25, -0.2) is 19.6 Å². The molecule has 0 atom stereocenters. The second-order valence-electron chi connectivity index (χ2n) is 13.6. The summed E-state index contributed by atoms with van der Waals surface area (Å²) in [6, 6.07) is 12.0. The smallest absolute Gasteiger partial charge is 0.410 e. The summed E-state index contributed by atoms with van der Waals surface area (Å²) < 4.78 is 16.8.